The lowest BCUT2D eigenvalue weighted by Crippen LogP contribution is -2.52. The van der Waals surface area contributed by atoms with Gasteiger partial charge in [-0.3, -0.25) is 13.9 Å². The standard InChI is InChI=1S/C27H37Cl2N3O4S/c1-18-13-14-21(16-19(18)2)32(37(7,35)36)15-9-12-25(33)31(20(3)26(34)30-27(4,5)6)17-22-23(28)10-8-11-24(22)29/h8,10-11,13-14,16,20H,9,12,15,17H2,1-7H3,(H,30,34)/t20-/m1/s1. The molecular formula is C27H37Cl2N3O4S. The fourth-order valence-corrected chi connectivity index (χ4v) is 5.27. The van der Waals surface area contributed by atoms with Crippen molar-refractivity contribution in [3.8, 4) is 0 Å². The molecule has 10 heteroatoms. The maximum Gasteiger partial charge on any atom is 0.242 e. The van der Waals surface area contributed by atoms with E-state index >= 15 is 0 Å². The summed E-state index contributed by atoms with van der Waals surface area (Å²) in [5, 5.41) is 3.70. The zero-order chi connectivity index (χ0) is 28.1. The van der Waals surface area contributed by atoms with Gasteiger partial charge in [-0.05, 0) is 83.4 Å². The highest BCUT2D eigenvalue weighted by atomic mass is 35.5. The van der Waals surface area contributed by atoms with Crippen LogP contribution in [0.2, 0.25) is 10.0 Å². The zero-order valence-electron chi connectivity index (χ0n) is 22.6. The Morgan fingerprint density at radius 1 is 1.03 bits per heavy atom. The van der Waals surface area contributed by atoms with Crippen molar-refractivity contribution in [1.82, 2.24) is 10.2 Å². The van der Waals surface area contributed by atoms with Crippen molar-refractivity contribution < 1.29 is 18.0 Å². The molecule has 1 atom stereocenters. The number of hydrogen-bond donors (Lipinski definition) is 1. The van der Waals surface area contributed by atoms with E-state index < -0.39 is 21.6 Å². The van der Waals surface area contributed by atoms with Crippen LogP contribution in [-0.2, 0) is 26.2 Å². The van der Waals surface area contributed by atoms with Gasteiger partial charge in [0.25, 0.3) is 0 Å². The van der Waals surface area contributed by atoms with E-state index in [-0.39, 0.29) is 37.7 Å². The van der Waals surface area contributed by atoms with Gasteiger partial charge >= 0.3 is 0 Å². The molecule has 37 heavy (non-hydrogen) atoms. The topological polar surface area (TPSA) is 86.8 Å². The first-order chi connectivity index (χ1) is 17.0. The molecule has 0 aliphatic heterocycles. The second-order valence-electron chi connectivity index (χ2n) is 10.3. The Kier molecular flexibility index (Phi) is 10.5. The number of benzene rings is 2. The molecule has 2 amide bonds. The van der Waals surface area contributed by atoms with Gasteiger partial charge in [-0.25, -0.2) is 8.42 Å². The number of anilines is 1. The van der Waals surface area contributed by atoms with E-state index in [2.05, 4.69) is 5.32 Å². The monoisotopic (exact) mass is 569 g/mol. The summed E-state index contributed by atoms with van der Waals surface area (Å²) in [6.45, 7) is 11.3. The first kappa shape index (κ1) is 30.9. The summed E-state index contributed by atoms with van der Waals surface area (Å²) >= 11 is 12.7. The number of halogens is 2. The van der Waals surface area contributed by atoms with Crippen LogP contribution in [0.4, 0.5) is 5.69 Å². The Morgan fingerprint density at radius 3 is 2.14 bits per heavy atom. The van der Waals surface area contributed by atoms with E-state index in [1.165, 1.54) is 9.21 Å². The van der Waals surface area contributed by atoms with Gasteiger partial charge in [0.05, 0.1) is 11.9 Å². The van der Waals surface area contributed by atoms with Gasteiger partial charge in [-0.1, -0.05) is 35.3 Å². The lowest BCUT2D eigenvalue weighted by molar-refractivity contribution is -0.141. The summed E-state index contributed by atoms with van der Waals surface area (Å²) in [6, 6.07) is 9.72. The number of nitrogens with zero attached hydrogens (tertiary/aromatic N) is 2. The first-order valence-corrected chi connectivity index (χ1v) is 14.7. The van der Waals surface area contributed by atoms with Gasteiger partial charge in [-0.15, -0.1) is 0 Å². The van der Waals surface area contributed by atoms with Gasteiger partial charge < -0.3 is 10.2 Å². The smallest absolute Gasteiger partial charge is 0.242 e. The zero-order valence-corrected chi connectivity index (χ0v) is 24.9. The van der Waals surface area contributed by atoms with Crippen LogP contribution in [0.15, 0.2) is 36.4 Å². The Hall–Kier alpha value is -2.29. The number of nitrogens with one attached hydrogen (secondary N) is 1. The molecule has 2 aromatic rings. The molecule has 0 fully saturated rings. The Bertz CT molecular complexity index is 1220. The van der Waals surface area contributed by atoms with Crippen molar-refractivity contribution in [2.24, 2.45) is 0 Å². The van der Waals surface area contributed by atoms with E-state index in [4.69, 9.17) is 23.2 Å². The molecular weight excluding hydrogens is 533 g/mol. The lowest BCUT2D eigenvalue weighted by Gasteiger charge is -2.32. The minimum atomic E-state index is -3.57. The van der Waals surface area contributed by atoms with Gasteiger partial charge in [0.1, 0.15) is 6.04 Å². The Labute approximate surface area is 231 Å². The third-order valence-electron chi connectivity index (χ3n) is 5.99. The van der Waals surface area contributed by atoms with E-state index in [1.54, 1.807) is 31.2 Å². The number of carbonyl (C=O) groups is 2. The molecule has 0 heterocycles. The van der Waals surface area contributed by atoms with Gasteiger partial charge in [0.2, 0.25) is 21.8 Å². The van der Waals surface area contributed by atoms with E-state index in [1.807, 2.05) is 46.8 Å². The molecule has 1 N–H and O–H groups in total. The third-order valence-corrected chi connectivity index (χ3v) is 7.89. The molecule has 204 valence electrons. The van der Waals surface area contributed by atoms with Crippen LogP contribution in [0.25, 0.3) is 0 Å². The third kappa shape index (κ3) is 8.90. The number of rotatable bonds is 10. The maximum atomic E-state index is 13.4. The van der Waals surface area contributed by atoms with Crippen LogP contribution in [0.5, 0.6) is 0 Å². The Balaban J connectivity index is 2.26. The maximum absolute atomic E-state index is 13.4. The van der Waals surface area contributed by atoms with Crippen LogP contribution in [0, 0.1) is 13.8 Å². The summed E-state index contributed by atoms with van der Waals surface area (Å²) in [7, 11) is -3.57. The van der Waals surface area contributed by atoms with Crippen molar-refractivity contribution in [2.45, 2.75) is 72.5 Å². The highest BCUT2D eigenvalue weighted by molar-refractivity contribution is 7.92. The number of amides is 2. The molecule has 0 saturated heterocycles. The van der Waals surface area contributed by atoms with Crippen LogP contribution in [0.3, 0.4) is 0 Å². The fraction of sp³-hybridized carbons (Fsp3) is 0.481. The predicted octanol–water partition coefficient (Wildman–Crippen LogP) is 5.49. The minimum absolute atomic E-state index is 0.0338. The number of aryl methyl sites for hydroxylation is 2. The molecule has 0 aromatic heterocycles. The number of hydrogen-bond acceptors (Lipinski definition) is 4. The van der Waals surface area contributed by atoms with Gasteiger partial charge in [0.15, 0.2) is 0 Å². The molecule has 7 nitrogen and oxygen atoms in total. The summed E-state index contributed by atoms with van der Waals surface area (Å²) < 4.78 is 26.4. The predicted molar refractivity (Wildman–Crippen MR) is 152 cm³/mol. The summed E-state index contributed by atoms with van der Waals surface area (Å²) in [4.78, 5) is 27.8. The second-order valence-corrected chi connectivity index (χ2v) is 13.1. The van der Waals surface area contributed by atoms with Gasteiger partial charge in [-0.2, -0.15) is 0 Å². The van der Waals surface area contributed by atoms with Crippen LogP contribution >= 0.6 is 23.2 Å². The van der Waals surface area contributed by atoms with E-state index in [0.29, 0.717) is 21.3 Å². The molecule has 0 unspecified atom stereocenters. The molecule has 0 radical (unpaired) electrons. The average Bonchev–Trinajstić information content (AvgIpc) is 2.76. The highest BCUT2D eigenvalue weighted by Crippen LogP contribution is 2.27. The van der Waals surface area contributed by atoms with Crippen molar-refractivity contribution >= 4 is 50.7 Å². The van der Waals surface area contributed by atoms with E-state index in [9.17, 15) is 18.0 Å². The molecule has 0 saturated carbocycles. The van der Waals surface area contributed by atoms with Gasteiger partial charge in [0, 0.05) is 40.7 Å². The fourth-order valence-electron chi connectivity index (χ4n) is 3.80. The summed E-state index contributed by atoms with van der Waals surface area (Å²) in [6.07, 6.45) is 1.44. The van der Waals surface area contributed by atoms with Crippen molar-refractivity contribution in [1.29, 1.82) is 0 Å². The molecule has 2 aromatic carbocycles. The molecule has 0 aliphatic rings. The SMILES string of the molecule is Cc1ccc(N(CCCC(=O)N(Cc2c(Cl)cccc2Cl)[C@H](C)C(=O)NC(C)(C)C)S(C)(=O)=O)cc1C. The second kappa shape index (κ2) is 12.5. The highest BCUT2D eigenvalue weighted by Gasteiger charge is 2.29. The number of carbonyl (C=O) groups excluding carboxylic acids is 2. The lowest BCUT2D eigenvalue weighted by atomic mass is 10.1. The van der Waals surface area contributed by atoms with Crippen molar-refractivity contribution in [3.63, 3.8) is 0 Å². The van der Waals surface area contributed by atoms with Crippen molar-refractivity contribution in [2.75, 3.05) is 17.1 Å². The molecule has 0 aliphatic carbocycles. The first-order valence-electron chi connectivity index (χ1n) is 12.1. The summed E-state index contributed by atoms with van der Waals surface area (Å²) in [5.74, 6) is -0.613. The normalized spacial score (nSPS) is 12.7. The molecule has 2 rings (SSSR count). The Morgan fingerprint density at radius 2 is 1.62 bits per heavy atom. The molecule has 0 bridgehead atoms. The van der Waals surface area contributed by atoms with Crippen LogP contribution < -0.4 is 9.62 Å². The largest absolute Gasteiger partial charge is 0.350 e. The van der Waals surface area contributed by atoms with Crippen LogP contribution in [-0.4, -0.2) is 49.5 Å². The minimum Gasteiger partial charge on any atom is -0.350 e. The van der Waals surface area contributed by atoms with Crippen LogP contribution in [0.1, 0.15) is 57.2 Å². The quantitative estimate of drug-likeness (QED) is 0.410. The number of sulfonamides is 1. The van der Waals surface area contributed by atoms with E-state index in [0.717, 1.165) is 17.4 Å². The molecule has 0 spiro atoms. The van der Waals surface area contributed by atoms with Crippen molar-refractivity contribution in [3.05, 3.63) is 63.1 Å². The summed E-state index contributed by atoms with van der Waals surface area (Å²) in [5.41, 5.74) is 2.65. The average molecular weight is 571 g/mol.